The molecule has 6 heteroatoms. The number of aromatic nitrogens is 1. The first-order chi connectivity index (χ1) is 13.7. The SMILES string of the molecule is CCOc1ccc(NC(=O)c2c(N=Cc3cccn3C)sc3c2CCC3)cc1. The van der Waals surface area contributed by atoms with Gasteiger partial charge in [0.2, 0.25) is 0 Å². The molecule has 1 aliphatic rings. The smallest absolute Gasteiger partial charge is 0.259 e. The lowest BCUT2D eigenvalue weighted by Gasteiger charge is -2.08. The van der Waals surface area contributed by atoms with Crippen molar-refractivity contribution in [1.82, 2.24) is 4.57 Å². The summed E-state index contributed by atoms with van der Waals surface area (Å²) in [5.74, 6) is 0.701. The Bertz CT molecular complexity index is 1020. The number of carbonyl (C=O) groups is 1. The fraction of sp³-hybridized carbons (Fsp3) is 0.273. The molecule has 0 aliphatic heterocycles. The third kappa shape index (κ3) is 3.73. The van der Waals surface area contributed by atoms with Crippen LogP contribution in [0.4, 0.5) is 10.7 Å². The molecule has 2 heterocycles. The van der Waals surface area contributed by atoms with Crippen LogP contribution in [0.25, 0.3) is 0 Å². The van der Waals surface area contributed by atoms with E-state index in [1.807, 2.05) is 67.3 Å². The van der Waals surface area contributed by atoms with Gasteiger partial charge in [-0.1, -0.05) is 0 Å². The van der Waals surface area contributed by atoms with Crippen molar-refractivity contribution in [2.24, 2.45) is 12.0 Å². The summed E-state index contributed by atoms with van der Waals surface area (Å²) in [6.07, 6.45) is 6.89. The highest BCUT2D eigenvalue weighted by Crippen LogP contribution is 2.41. The van der Waals surface area contributed by atoms with Gasteiger partial charge in [0.1, 0.15) is 10.8 Å². The Morgan fingerprint density at radius 2 is 2.11 bits per heavy atom. The Labute approximate surface area is 168 Å². The molecule has 144 valence electrons. The van der Waals surface area contributed by atoms with E-state index in [0.717, 1.165) is 52.5 Å². The lowest BCUT2D eigenvalue weighted by atomic mass is 10.1. The molecular formula is C22H23N3O2S. The highest BCUT2D eigenvalue weighted by molar-refractivity contribution is 7.16. The summed E-state index contributed by atoms with van der Waals surface area (Å²) in [5.41, 5.74) is 3.64. The summed E-state index contributed by atoms with van der Waals surface area (Å²) in [5, 5.41) is 3.81. The molecule has 0 spiro atoms. The van der Waals surface area contributed by atoms with E-state index in [2.05, 4.69) is 10.3 Å². The molecule has 0 radical (unpaired) electrons. The minimum Gasteiger partial charge on any atom is -0.494 e. The Balaban J connectivity index is 1.60. The molecule has 5 nitrogen and oxygen atoms in total. The van der Waals surface area contributed by atoms with E-state index in [0.29, 0.717) is 6.61 Å². The van der Waals surface area contributed by atoms with Crippen LogP contribution in [0.1, 0.15) is 39.8 Å². The average molecular weight is 394 g/mol. The molecular weight excluding hydrogens is 370 g/mol. The number of fused-ring (bicyclic) bond motifs is 1. The molecule has 0 fully saturated rings. The maximum Gasteiger partial charge on any atom is 0.259 e. The molecule has 1 N–H and O–H groups in total. The van der Waals surface area contributed by atoms with Gasteiger partial charge in [0.25, 0.3) is 5.91 Å². The molecule has 0 saturated heterocycles. The number of hydrogen-bond donors (Lipinski definition) is 1. The summed E-state index contributed by atoms with van der Waals surface area (Å²) < 4.78 is 7.47. The predicted molar refractivity (Wildman–Crippen MR) is 115 cm³/mol. The van der Waals surface area contributed by atoms with Crippen LogP contribution in [-0.2, 0) is 19.9 Å². The average Bonchev–Trinajstić information content (AvgIpc) is 3.37. The molecule has 0 atom stereocenters. The normalized spacial score (nSPS) is 13.1. The molecule has 0 bridgehead atoms. The minimum atomic E-state index is -0.0948. The van der Waals surface area contributed by atoms with E-state index >= 15 is 0 Å². The van der Waals surface area contributed by atoms with Crippen LogP contribution in [0.15, 0.2) is 47.6 Å². The standard InChI is InChI=1S/C22H23N3O2S/c1-3-27-17-11-9-15(10-12-17)24-21(26)20-18-7-4-8-19(18)28-22(20)23-14-16-6-5-13-25(16)2/h5-6,9-14H,3-4,7-8H2,1-2H3,(H,24,26). The zero-order valence-corrected chi connectivity index (χ0v) is 16.9. The summed E-state index contributed by atoms with van der Waals surface area (Å²) in [4.78, 5) is 19.0. The number of aryl methyl sites for hydroxylation is 2. The Hall–Kier alpha value is -2.86. The zero-order chi connectivity index (χ0) is 19.5. The highest BCUT2D eigenvalue weighted by Gasteiger charge is 2.26. The molecule has 1 aromatic carbocycles. The van der Waals surface area contributed by atoms with Gasteiger partial charge >= 0.3 is 0 Å². The zero-order valence-electron chi connectivity index (χ0n) is 16.1. The summed E-state index contributed by atoms with van der Waals surface area (Å²) in [6, 6.07) is 11.4. The van der Waals surface area contributed by atoms with Gasteiger partial charge in [0, 0.05) is 23.8 Å². The van der Waals surface area contributed by atoms with Crippen molar-refractivity contribution in [3.05, 3.63) is 64.3 Å². The van der Waals surface area contributed by atoms with E-state index in [-0.39, 0.29) is 5.91 Å². The van der Waals surface area contributed by atoms with E-state index in [1.54, 1.807) is 11.3 Å². The number of rotatable bonds is 6. The Morgan fingerprint density at radius 1 is 1.29 bits per heavy atom. The number of thiophene rings is 1. The lowest BCUT2D eigenvalue weighted by molar-refractivity contribution is 0.102. The van der Waals surface area contributed by atoms with Gasteiger partial charge in [-0.25, -0.2) is 4.99 Å². The number of benzene rings is 1. The minimum absolute atomic E-state index is 0.0948. The van der Waals surface area contributed by atoms with E-state index in [1.165, 1.54) is 4.88 Å². The van der Waals surface area contributed by atoms with Gasteiger partial charge in [0.15, 0.2) is 0 Å². The Kier molecular flexibility index (Phi) is 5.30. The first-order valence-electron chi connectivity index (χ1n) is 9.50. The van der Waals surface area contributed by atoms with Crippen LogP contribution in [0, 0.1) is 0 Å². The van der Waals surface area contributed by atoms with Crippen molar-refractivity contribution in [3.8, 4) is 5.75 Å². The second kappa shape index (κ2) is 8.02. The number of anilines is 1. The maximum atomic E-state index is 13.1. The molecule has 2 aromatic heterocycles. The van der Waals surface area contributed by atoms with Crippen LogP contribution in [0.2, 0.25) is 0 Å². The fourth-order valence-corrected chi connectivity index (χ4v) is 4.67. The van der Waals surface area contributed by atoms with Crippen molar-refractivity contribution in [3.63, 3.8) is 0 Å². The number of nitrogens with zero attached hydrogens (tertiary/aromatic N) is 2. The molecule has 0 saturated carbocycles. The molecule has 1 amide bonds. The van der Waals surface area contributed by atoms with Crippen LogP contribution in [-0.4, -0.2) is 23.3 Å². The van der Waals surface area contributed by atoms with Crippen molar-refractivity contribution >= 4 is 34.1 Å². The van der Waals surface area contributed by atoms with Crippen molar-refractivity contribution in [1.29, 1.82) is 0 Å². The topological polar surface area (TPSA) is 55.6 Å². The van der Waals surface area contributed by atoms with Crippen LogP contribution < -0.4 is 10.1 Å². The largest absolute Gasteiger partial charge is 0.494 e. The number of aliphatic imine (C=N–C) groups is 1. The second-order valence-electron chi connectivity index (χ2n) is 6.75. The fourth-order valence-electron chi connectivity index (χ4n) is 3.44. The van der Waals surface area contributed by atoms with E-state index < -0.39 is 0 Å². The van der Waals surface area contributed by atoms with Gasteiger partial charge < -0.3 is 14.6 Å². The monoisotopic (exact) mass is 393 g/mol. The lowest BCUT2D eigenvalue weighted by Crippen LogP contribution is -2.13. The van der Waals surface area contributed by atoms with Crippen molar-refractivity contribution < 1.29 is 9.53 Å². The summed E-state index contributed by atoms with van der Waals surface area (Å²) in [6.45, 7) is 2.57. The Morgan fingerprint density at radius 3 is 2.82 bits per heavy atom. The van der Waals surface area contributed by atoms with Crippen LogP contribution in [0.5, 0.6) is 5.75 Å². The van der Waals surface area contributed by atoms with Crippen LogP contribution in [0.3, 0.4) is 0 Å². The molecule has 3 aromatic rings. The predicted octanol–water partition coefficient (Wildman–Crippen LogP) is 4.98. The van der Waals surface area contributed by atoms with E-state index in [4.69, 9.17) is 4.74 Å². The number of ether oxygens (including phenoxy) is 1. The van der Waals surface area contributed by atoms with Crippen LogP contribution >= 0.6 is 11.3 Å². The molecule has 0 unspecified atom stereocenters. The third-order valence-electron chi connectivity index (χ3n) is 4.85. The number of nitrogens with one attached hydrogen (secondary N) is 1. The second-order valence-corrected chi connectivity index (χ2v) is 7.83. The quantitative estimate of drug-likeness (QED) is 0.601. The summed E-state index contributed by atoms with van der Waals surface area (Å²) in [7, 11) is 1.98. The van der Waals surface area contributed by atoms with Gasteiger partial charge in [-0.05, 0) is 68.1 Å². The number of hydrogen-bond acceptors (Lipinski definition) is 4. The first-order valence-corrected chi connectivity index (χ1v) is 10.3. The molecule has 28 heavy (non-hydrogen) atoms. The van der Waals surface area contributed by atoms with Gasteiger partial charge in [-0.3, -0.25) is 4.79 Å². The van der Waals surface area contributed by atoms with Crippen molar-refractivity contribution in [2.45, 2.75) is 26.2 Å². The molecule has 4 rings (SSSR count). The van der Waals surface area contributed by atoms with Gasteiger partial charge in [-0.2, -0.15) is 0 Å². The maximum absolute atomic E-state index is 13.1. The van der Waals surface area contributed by atoms with Gasteiger partial charge in [-0.15, -0.1) is 11.3 Å². The van der Waals surface area contributed by atoms with Gasteiger partial charge in [0.05, 0.1) is 24.1 Å². The molecule has 1 aliphatic carbocycles. The first kappa shape index (κ1) is 18.5. The summed E-state index contributed by atoms with van der Waals surface area (Å²) >= 11 is 1.64. The number of amides is 1. The van der Waals surface area contributed by atoms with Crippen molar-refractivity contribution in [2.75, 3.05) is 11.9 Å². The number of carbonyl (C=O) groups excluding carboxylic acids is 1. The highest BCUT2D eigenvalue weighted by atomic mass is 32.1. The third-order valence-corrected chi connectivity index (χ3v) is 6.05. The van der Waals surface area contributed by atoms with E-state index in [9.17, 15) is 4.79 Å².